The average Bonchev–Trinajstić information content (AvgIpc) is 2.99. The maximum Gasteiger partial charge on any atom is 0.195 e. The van der Waals surface area contributed by atoms with Crippen LogP contribution in [0.15, 0.2) is 84.2 Å². The smallest absolute Gasteiger partial charge is 0.195 e. The van der Waals surface area contributed by atoms with Crippen molar-refractivity contribution in [1.29, 1.82) is 0 Å². The number of rotatable bonds is 6. The van der Waals surface area contributed by atoms with Crippen LogP contribution in [0.2, 0.25) is 0 Å². The van der Waals surface area contributed by atoms with Crippen molar-refractivity contribution in [2.75, 3.05) is 10.6 Å². The Labute approximate surface area is 197 Å². The van der Waals surface area contributed by atoms with E-state index >= 15 is 0 Å². The molecule has 5 aromatic rings. The minimum Gasteiger partial charge on any atom is -0.381 e. The largest absolute Gasteiger partial charge is 0.381 e. The molecule has 0 saturated carbocycles. The molecule has 3 heterocycles. The van der Waals surface area contributed by atoms with Crippen molar-refractivity contribution in [3.8, 4) is 0 Å². The number of fused-ring (bicyclic) bond motifs is 2. The van der Waals surface area contributed by atoms with E-state index in [4.69, 9.17) is 0 Å². The molecular weight excluding hydrogens is 422 g/mol. The first-order valence-corrected chi connectivity index (χ1v) is 11.2. The van der Waals surface area contributed by atoms with Gasteiger partial charge in [0.25, 0.3) is 0 Å². The van der Waals surface area contributed by atoms with Crippen molar-refractivity contribution in [2.24, 2.45) is 0 Å². The Kier molecular flexibility index (Phi) is 5.87. The zero-order chi connectivity index (χ0) is 23.5. The summed E-state index contributed by atoms with van der Waals surface area (Å²) in [5.74, 6) is 0. The van der Waals surface area contributed by atoms with Crippen LogP contribution in [0.1, 0.15) is 22.4 Å². The quantitative estimate of drug-likeness (QED) is 0.364. The molecule has 2 N–H and O–H groups in total. The van der Waals surface area contributed by atoms with Gasteiger partial charge in [-0.3, -0.25) is 19.7 Å². The number of benzene rings is 1. The third-order valence-corrected chi connectivity index (χ3v) is 6.08. The molecular formula is C28H25N5O. The standard InChI is InChI=1S/C28H25N5O/c1-18-4-3-10-30-27(18)17-32-23-13-25-26(33-16-23)8-6-20-5-7-22(12-24(20)28(25)34)31-15-21-9-11-29-14-19(21)2/h3-14,16,31-32H,15,17H2,1-2H3. The van der Waals surface area contributed by atoms with Crippen molar-refractivity contribution in [1.82, 2.24) is 15.0 Å². The van der Waals surface area contributed by atoms with E-state index in [-0.39, 0.29) is 5.43 Å². The predicted octanol–water partition coefficient (Wildman–Crippen LogP) is 5.38. The number of hydrogen-bond donors (Lipinski definition) is 2. The van der Waals surface area contributed by atoms with Crippen molar-refractivity contribution in [2.45, 2.75) is 26.9 Å². The van der Waals surface area contributed by atoms with Crippen molar-refractivity contribution in [3.63, 3.8) is 0 Å². The number of aromatic nitrogens is 3. The Bertz CT molecular complexity index is 1450. The molecule has 0 aliphatic carbocycles. The lowest BCUT2D eigenvalue weighted by atomic mass is 10.1. The second-order valence-electron chi connectivity index (χ2n) is 8.40. The number of aryl methyl sites for hydroxylation is 2. The molecule has 2 aromatic carbocycles. The van der Waals surface area contributed by atoms with Gasteiger partial charge in [0.1, 0.15) is 0 Å². The van der Waals surface area contributed by atoms with Gasteiger partial charge >= 0.3 is 0 Å². The van der Waals surface area contributed by atoms with Gasteiger partial charge in [0.15, 0.2) is 5.43 Å². The van der Waals surface area contributed by atoms with E-state index < -0.39 is 0 Å². The predicted molar refractivity (Wildman–Crippen MR) is 138 cm³/mol. The van der Waals surface area contributed by atoms with Crippen LogP contribution in [0.25, 0.3) is 21.7 Å². The summed E-state index contributed by atoms with van der Waals surface area (Å²) >= 11 is 0. The molecule has 0 unspecified atom stereocenters. The lowest BCUT2D eigenvalue weighted by Gasteiger charge is -2.09. The molecule has 6 nitrogen and oxygen atoms in total. The monoisotopic (exact) mass is 447 g/mol. The lowest BCUT2D eigenvalue weighted by molar-refractivity contribution is 1.02. The zero-order valence-corrected chi connectivity index (χ0v) is 19.2. The lowest BCUT2D eigenvalue weighted by Crippen LogP contribution is -2.06. The zero-order valence-electron chi connectivity index (χ0n) is 19.2. The minimum atomic E-state index is -0.0380. The van der Waals surface area contributed by atoms with Crippen LogP contribution in [0, 0.1) is 13.8 Å². The Morgan fingerprint density at radius 2 is 1.59 bits per heavy atom. The molecule has 0 fully saturated rings. The summed E-state index contributed by atoms with van der Waals surface area (Å²) in [5.41, 5.74) is 6.70. The second-order valence-corrected chi connectivity index (χ2v) is 8.40. The topological polar surface area (TPSA) is 79.8 Å². The first-order valence-electron chi connectivity index (χ1n) is 11.2. The number of anilines is 2. The number of nitrogens with zero attached hydrogens (tertiary/aromatic N) is 3. The van der Waals surface area contributed by atoms with Gasteiger partial charge < -0.3 is 10.6 Å². The van der Waals surface area contributed by atoms with Crippen LogP contribution in [-0.4, -0.2) is 15.0 Å². The van der Waals surface area contributed by atoms with Crippen molar-refractivity contribution < 1.29 is 0 Å². The molecule has 0 saturated heterocycles. The molecule has 6 heteroatoms. The molecule has 0 aliphatic rings. The fourth-order valence-electron chi connectivity index (χ4n) is 4.00. The minimum absolute atomic E-state index is 0.0380. The van der Waals surface area contributed by atoms with Crippen LogP contribution < -0.4 is 16.1 Å². The van der Waals surface area contributed by atoms with E-state index in [1.54, 1.807) is 18.6 Å². The van der Waals surface area contributed by atoms with Gasteiger partial charge in [-0.15, -0.1) is 0 Å². The maximum absolute atomic E-state index is 13.5. The molecule has 3 aromatic heterocycles. The number of hydrogen-bond acceptors (Lipinski definition) is 6. The van der Waals surface area contributed by atoms with Gasteiger partial charge in [-0.1, -0.05) is 18.2 Å². The maximum atomic E-state index is 13.5. The molecule has 0 bridgehead atoms. The summed E-state index contributed by atoms with van der Waals surface area (Å²) in [6.07, 6.45) is 7.19. The van der Waals surface area contributed by atoms with Gasteiger partial charge in [-0.05, 0) is 72.3 Å². The number of pyridine rings is 3. The third kappa shape index (κ3) is 4.43. The van der Waals surface area contributed by atoms with Gasteiger partial charge in [0.2, 0.25) is 0 Å². The fraction of sp³-hybridized carbons (Fsp3) is 0.143. The first kappa shape index (κ1) is 21.5. The Balaban J connectivity index is 1.47. The Hall–Kier alpha value is -4.32. The van der Waals surface area contributed by atoms with Crippen LogP contribution in [0.4, 0.5) is 11.4 Å². The van der Waals surface area contributed by atoms with E-state index in [9.17, 15) is 4.79 Å². The van der Waals surface area contributed by atoms with E-state index in [1.165, 1.54) is 5.56 Å². The Morgan fingerprint density at radius 3 is 2.44 bits per heavy atom. The van der Waals surface area contributed by atoms with E-state index in [1.807, 2.05) is 74.6 Å². The van der Waals surface area contributed by atoms with E-state index in [0.29, 0.717) is 29.4 Å². The summed E-state index contributed by atoms with van der Waals surface area (Å²) in [6, 6.07) is 17.6. The van der Waals surface area contributed by atoms with Gasteiger partial charge in [-0.2, -0.15) is 0 Å². The molecule has 0 atom stereocenters. The SMILES string of the molecule is Cc1cnccc1CNc1ccc2ccc3ncc(NCc4ncccc4C)cc3c(=O)c2c1. The van der Waals surface area contributed by atoms with Gasteiger partial charge in [-0.25, -0.2) is 0 Å². The summed E-state index contributed by atoms with van der Waals surface area (Å²) in [6.45, 7) is 5.30. The van der Waals surface area contributed by atoms with Crippen LogP contribution in [0.3, 0.4) is 0 Å². The molecule has 0 spiro atoms. The van der Waals surface area contributed by atoms with Crippen molar-refractivity contribution in [3.05, 3.63) is 112 Å². The molecule has 34 heavy (non-hydrogen) atoms. The van der Waals surface area contributed by atoms with E-state index in [0.717, 1.165) is 33.6 Å². The normalized spacial score (nSPS) is 11.0. The first-order chi connectivity index (χ1) is 16.6. The summed E-state index contributed by atoms with van der Waals surface area (Å²) in [5, 5.41) is 8.91. The van der Waals surface area contributed by atoms with Crippen molar-refractivity contribution >= 4 is 33.1 Å². The molecule has 0 aliphatic heterocycles. The molecule has 5 rings (SSSR count). The Morgan fingerprint density at radius 1 is 0.765 bits per heavy atom. The highest BCUT2D eigenvalue weighted by atomic mass is 16.1. The highest BCUT2D eigenvalue weighted by molar-refractivity contribution is 5.94. The van der Waals surface area contributed by atoms with E-state index in [2.05, 4.69) is 25.6 Å². The summed E-state index contributed by atoms with van der Waals surface area (Å²) in [4.78, 5) is 26.6. The summed E-state index contributed by atoms with van der Waals surface area (Å²) < 4.78 is 0. The molecule has 0 amide bonds. The average molecular weight is 448 g/mol. The van der Waals surface area contributed by atoms with Crippen LogP contribution in [-0.2, 0) is 13.1 Å². The second kappa shape index (κ2) is 9.27. The molecule has 0 radical (unpaired) electrons. The molecule has 168 valence electrons. The highest BCUT2D eigenvalue weighted by Gasteiger charge is 2.07. The van der Waals surface area contributed by atoms with Gasteiger partial charge in [0, 0.05) is 36.2 Å². The third-order valence-electron chi connectivity index (χ3n) is 6.08. The highest BCUT2D eigenvalue weighted by Crippen LogP contribution is 2.21. The van der Waals surface area contributed by atoms with Crippen LogP contribution >= 0.6 is 0 Å². The van der Waals surface area contributed by atoms with Crippen LogP contribution in [0.5, 0.6) is 0 Å². The fourth-order valence-corrected chi connectivity index (χ4v) is 4.00. The summed E-state index contributed by atoms with van der Waals surface area (Å²) in [7, 11) is 0. The number of nitrogens with one attached hydrogen (secondary N) is 2. The van der Waals surface area contributed by atoms with Gasteiger partial charge in [0.05, 0.1) is 35.0 Å².